The highest BCUT2D eigenvalue weighted by Gasteiger charge is 2.49. The molecule has 2 N–H and O–H groups in total. The Labute approximate surface area is 120 Å². The van der Waals surface area contributed by atoms with Crippen molar-refractivity contribution in [3.05, 3.63) is 41.5 Å². The Morgan fingerprint density at radius 1 is 1.25 bits per heavy atom. The molecule has 20 heavy (non-hydrogen) atoms. The standard InChI is InChI=1S/C18H22O2/c1-18-7-2-3-16(18)14-10-17(20)15-9-11(19)4-5-12(15)13(14)6-8-18/h2,4-5,7,9,13-14,16-17,19-20H,3,6,8,10H2,1H3/t13-,14-,16+,17-,18+/m1/s1. The quantitative estimate of drug-likeness (QED) is 0.702. The van der Waals surface area contributed by atoms with Crippen molar-refractivity contribution < 1.29 is 10.2 Å². The maximum Gasteiger partial charge on any atom is 0.115 e. The van der Waals surface area contributed by atoms with Gasteiger partial charge in [0.25, 0.3) is 0 Å². The summed E-state index contributed by atoms with van der Waals surface area (Å²) in [5.41, 5.74) is 2.58. The van der Waals surface area contributed by atoms with E-state index in [-0.39, 0.29) is 5.75 Å². The lowest BCUT2D eigenvalue weighted by molar-refractivity contribution is 0.0311. The molecule has 0 radical (unpaired) electrons. The Bertz CT molecular complexity index is 577. The smallest absolute Gasteiger partial charge is 0.115 e. The van der Waals surface area contributed by atoms with E-state index in [4.69, 9.17) is 0 Å². The van der Waals surface area contributed by atoms with E-state index in [0.29, 0.717) is 23.2 Å². The predicted octanol–water partition coefficient (Wildman–Crippen LogP) is 3.91. The molecular weight excluding hydrogens is 248 g/mol. The summed E-state index contributed by atoms with van der Waals surface area (Å²) < 4.78 is 0. The Balaban J connectivity index is 1.77. The summed E-state index contributed by atoms with van der Waals surface area (Å²) in [6.07, 6.45) is 8.79. The molecule has 5 atom stereocenters. The number of hydrogen-bond donors (Lipinski definition) is 2. The fraction of sp³-hybridized carbons (Fsp3) is 0.556. The van der Waals surface area contributed by atoms with Gasteiger partial charge in [0.2, 0.25) is 0 Å². The molecule has 2 nitrogen and oxygen atoms in total. The van der Waals surface area contributed by atoms with Gasteiger partial charge in [-0.25, -0.2) is 0 Å². The normalized spacial score (nSPS) is 41.9. The summed E-state index contributed by atoms with van der Waals surface area (Å²) in [7, 11) is 0. The first-order chi connectivity index (χ1) is 9.58. The van der Waals surface area contributed by atoms with Crippen LogP contribution in [0.5, 0.6) is 5.75 Å². The van der Waals surface area contributed by atoms with E-state index in [1.165, 1.54) is 18.4 Å². The Hall–Kier alpha value is -1.28. The summed E-state index contributed by atoms with van der Waals surface area (Å²) in [5.74, 6) is 2.09. The average Bonchev–Trinajstić information content (AvgIpc) is 2.81. The molecule has 0 aromatic heterocycles. The number of aliphatic hydroxyl groups is 1. The van der Waals surface area contributed by atoms with Crippen molar-refractivity contribution in [3.8, 4) is 5.75 Å². The molecule has 0 aliphatic heterocycles. The molecule has 1 saturated carbocycles. The van der Waals surface area contributed by atoms with Gasteiger partial charge in [0, 0.05) is 0 Å². The molecule has 106 valence electrons. The van der Waals surface area contributed by atoms with E-state index >= 15 is 0 Å². The summed E-state index contributed by atoms with van der Waals surface area (Å²) in [4.78, 5) is 0. The first kappa shape index (κ1) is 12.5. The van der Waals surface area contributed by atoms with E-state index < -0.39 is 6.10 Å². The molecule has 3 aliphatic carbocycles. The van der Waals surface area contributed by atoms with E-state index in [9.17, 15) is 10.2 Å². The molecule has 0 bridgehead atoms. The SMILES string of the molecule is C[C@@]12C=CC[C@H]1[C@@H]1C[C@@H](O)c3cc(O)ccc3[C@H]1CC2. The largest absolute Gasteiger partial charge is 0.508 e. The summed E-state index contributed by atoms with van der Waals surface area (Å²) >= 11 is 0. The van der Waals surface area contributed by atoms with Crippen LogP contribution in [0, 0.1) is 17.3 Å². The number of phenolic OH excluding ortho intramolecular Hbond substituents is 1. The predicted molar refractivity (Wildman–Crippen MR) is 78.5 cm³/mol. The number of fused-ring (bicyclic) bond motifs is 5. The van der Waals surface area contributed by atoms with Gasteiger partial charge in [-0.15, -0.1) is 0 Å². The van der Waals surface area contributed by atoms with Gasteiger partial charge in [0.1, 0.15) is 5.75 Å². The van der Waals surface area contributed by atoms with E-state index in [0.717, 1.165) is 18.4 Å². The van der Waals surface area contributed by atoms with Gasteiger partial charge < -0.3 is 10.2 Å². The molecule has 4 rings (SSSR count). The third-order valence-corrected chi connectivity index (χ3v) is 6.09. The molecule has 3 aliphatic rings. The van der Waals surface area contributed by atoms with Gasteiger partial charge in [-0.05, 0) is 72.1 Å². The maximum atomic E-state index is 10.5. The Morgan fingerprint density at radius 2 is 2.10 bits per heavy atom. The Morgan fingerprint density at radius 3 is 2.95 bits per heavy atom. The topological polar surface area (TPSA) is 40.5 Å². The van der Waals surface area contributed by atoms with E-state index in [2.05, 4.69) is 19.1 Å². The molecule has 0 amide bonds. The van der Waals surface area contributed by atoms with E-state index in [1.54, 1.807) is 12.1 Å². The van der Waals surface area contributed by atoms with Gasteiger partial charge >= 0.3 is 0 Å². The fourth-order valence-electron chi connectivity index (χ4n) is 5.06. The summed E-state index contributed by atoms with van der Waals surface area (Å²) in [6.45, 7) is 2.39. The molecule has 0 spiro atoms. The third-order valence-electron chi connectivity index (χ3n) is 6.09. The lowest BCUT2D eigenvalue weighted by atomic mass is 9.55. The minimum absolute atomic E-state index is 0.268. The van der Waals surface area contributed by atoms with Crippen molar-refractivity contribution in [2.45, 2.75) is 44.6 Å². The van der Waals surface area contributed by atoms with Crippen LogP contribution in [0.3, 0.4) is 0 Å². The van der Waals surface area contributed by atoms with Crippen molar-refractivity contribution in [3.63, 3.8) is 0 Å². The van der Waals surface area contributed by atoms with Crippen LogP contribution in [0.4, 0.5) is 0 Å². The van der Waals surface area contributed by atoms with Gasteiger partial charge in [-0.3, -0.25) is 0 Å². The number of aromatic hydroxyl groups is 1. The first-order valence-electron chi connectivity index (χ1n) is 7.77. The van der Waals surface area contributed by atoms with Crippen molar-refractivity contribution in [1.29, 1.82) is 0 Å². The number of allylic oxidation sites excluding steroid dienone is 2. The van der Waals surface area contributed by atoms with E-state index in [1.807, 2.05) is 6.07 Å². The van der Waals surface area contributed by atoms with Gasteiger partial charge in [-0.2, -0.15) is 0 Å². The van der Waals surface area contributed by atoms with Crippen LogP contribution in [0.2, 0.25) is 0 Å². The molecule has 0 saturated heterocycles. The van der Waals surface area contributed by atoms with Crippen LogP contribution in [-0.4, -0.2) is 10.2 Å². The molecule has 2 heteroatoms. The minimum atomic E-state index is -0.415. The highest BCUT2D eigenvalue weighted by Crippen LogP contribution is 2.60. The van der Waals surface area contributed by atoms with Crippen molar-refractivity contribution in [2.75, 3.05) is 0 Å². The molecule has 1 aromatic rings. The second-order valence-corrected chi connectivity index (χ2v) is 7.12. The zero-order valence-electron chi connectivity index (χ0n) is 11.9. The van der Waals surface area contributed by atoms with Crippen molar-refractivity contribution in [1.82, 2.24) is 0 Å². The molecule has 1 aromatic carbocycles. The third kappa shape index (κ3) is 1.61. The lowest BCUT2D eigenvalue weighted by Crippen LogP contribution is -2.40. The summed E-state index contributed by atoms with van der Waals surface area (Å²) in [6, 6.07) is 5.57. The molecule has 0 unspecified atom stereocenters. The zero-order chi connectivity index (χ0) is 13.9. The molecule has 1 fully saturated rings. The van der Waals surface area contributed by atoms with Gasteiger partial charge in [-0.1, -0.05) is 25.1 Å². The number of phenols is 1. The second-order valence-electron chi connectivity index (χ2n) is 7.12. The number of rotatable bonds is 0. The van der Waals surface area contributed by atoms with Crippen LogP contribution in [-0.2, 0) is 0 Å². The molecule has 0 heterocycles. The number of hydrogen-bond acceptors (Lipinski definition) is 2. The highest BCUT2D eigenvalue weighted by molar-refractivity contribution is 5.41. The molecular formula is C18H22O2. The first-order valence-corrected chi connectivity index (χ1v) is 7.77. The Kier molecular flexibility index (Phi) is 2.56. The maximum absolute atomic E-state index is 10.5. The lowest BCUT2D eigenvalue weighted by Gasteiger charge is -2.49. The average molecular weight is 270 g/mol. The van der Waals surface area contributed by atoms with Gasteiger partial charge in [0.05, 0.1) is 6.10 Å². The van der Waals surface area contributed by atoms with Gasteiger partial charge in [0.15, 0.2) is 0 Å². The monoisotopic (exact) mass is 270 g/mol. The number of benzene rings is 1. The van der Waals surface area contributed by atoms with Crippen molar-refractivity contribution in [2.24, 2.45) is 17.3 Å². The minimum Gasteiger partial charge on any atom is -0.508 e. The summed E-state index contributed by atoms with van der Waals surface area (Å²) in [5, 5.41) is 20.2. The van der Waals surface area contributed by atoms with Crippen LogP contribution in [0.1, 0.15) is 55.8 Å². The van der Waals surface area contributed by atoms with Crippen LogP contribution in [0.25, 0.3) is 0 Å². The van der Waals surface area contributed by atoms with Crippen LogP contribution in [0.15, 0.2) is 30.4 Å². The van der Waals surface area contributed by atoms with Crippen LogP contribution < -0.4 is 0 Å². The second kappa shape index (κ2) is 4.11. The van der Waals surface area contributed by atoms with Crippen molar-refractivity contribution >= 4 is 0 Å². The number of aliphatic hydroxyl groups excluding tert-OH is 1. The van der Waals surface area contributed by atoms with Crippen LogP contribution >= 0.6 is 0 Å². The zero-order valence-corrected chi connectivity index (χ0v) is 11.9. The highest BCUT2D eigenvalue weighted by atomic mass is 16.3. The fourth-order valence-corrected chi connectivity index (χ4v) is 5.06.